The second kappa shape index (κ2) is 5.53. The standard InChI is InChI=1S/C15H26O2/c1-4-8-13-15(2,3)11-16-14(17-13)12-9-6-5-7-10-12/h5-6,12-14H,4,7-11H2,1-3H3. The van der Waals surface area contributed by atoms with Crippen LogP contribution in [0.1, 0.15) is 52.9 Å². The van der Waals surface area contributed by atoms with E-state index in [0.29, 0.717) is 12.0 Å². The van der Waals surface area contributed by atoms with Gasteiger partial charge in [0.05, 0.1) is 12.7 Å². The van der Waals surface area contributed by atoms with E-state index in [1.807, 2.05) is 0 Å². The Bertz CT molecular complexity index is 270. The topological polar surface area (TPSA) is 18.5 Å². The Morgan fingerprint density at radius 2 is 2.12 bits per heavy atom. The molecule has 3 unspecified atom stereocenters. The Hall–Kier alpha value is -0.340. The fraction of sp³-hybridized carbons (Fsp3) is 0.867. The molecule has 0 aromatic heterocycles. The summed E-state index contributed by atoms with van der Waals surface area (Å²) < 4.78 is 12.2. The molecule has 1 heterocycles. The van der Waals surface area contributed by atoms with Crippen molar-refractivity contribution in [2.45, 2.75) is 65.3 Å². The third kappa shape index (κ3) is 3.11. The number of allylic oxidation sites excluding steroid dienone is 2. The Balaban J connectivity index is 1.95. The van der Waals surface area contributed by atoms with Crippen molar-refractivity contribution in [3.8, 4) is 0 Å². The van der Waals surface area contributed by atoms with Crippen molar-refractivity contribution < 1.29 is 9.47 Å². The molecule has 2 nitrogen and oxygen atoms in total. The molecule has 1 fully saturated rings. The second-order valence-electron chi connectivity index (χ2n) is 6.13. The minimum Gasteiger partial charge on any atom is -0.352 e. The van der Waals surface area contributed by atoms with Gasteiger partial charge in [-0.15, -0.1) is 0 Å². The lowest BCUT2D eigenvalue weighted by Gasteiger charge is -2.44. The summed E-state index contributed by atoms with van der Waals surface area (Å²) in [6.07, 6.45) is 10.8. The van der Waals surface area contributed by atoms with Crippen LogP contribution >= 0.6 is 0 Å². The van der Waals surface area contributed by atoms with Gasteiger partial charge in [0, 0.05) is 11.3 Å². The van der Waals surface area contributed by atoms with Gasteiger partial charge >= 0.3 is 0 Å². The van der Waals surface area contributed by atoms with Crippen molar-refractivity contribution in [3.05, 3.63) is 12.2 Å². The SMILES string of the molecule is CCCC1OC(C2CC=CCC2)OCC1(C)C. The van der Waals surface area contributed by atoms with Gasteiger partial charge < -0.3 is 9.47 Å². The van der Waals surface area contributed by atoms with Crippen LogP contribution in [0, 0.1) is 11.3 Å². The van der Waals surface area contributed by atoms with Crippen LogP contribution in [0.25, 0.3) is 0 Å². The average molecular weight is 238 g/mol. The van der Waals surface area contributed by atoms with Crippen molar-refractivity contribution in [2.24, 2.45) is 11.3 Å². The molecule has 0 aromatic carbocycles. The summed E-state index contributed by atoms with van der Waals surface area (Å²) in [6.45, 7) is 7.57. The smallest absolute Gasteiger partial charge is 0.161 e. The molecule has 1 aliphatic carbocycles. The predicted molar refractivity (Wildman–Crippen MR) is 69.8 cm³/mol. The fourth-order valence-corrected chi connectivity index (χ4v) is 2.81. The van der Waals surface area contributed by atoms with Gasteiger partial charge in [-0.2, -0.15) is 0 Å². The zero-order chi connectivity index (χ0) is 12.3. The zero-order valence-corrected chi connectivity index (χ0v) is 11.4. The van der Waals surface area contributed by atoms with Crippen LogP contribution in [0.5, 0.6) is 0 Å². The molecular formula is C15H26O2. The molecule has 2 rings (SSSR count). The van der Waals surface area contributed by atoms with Crippen LogP contribution < -0.4 is 0 Å². The molecule has 98 valence electrons. The first-order valence-corrected chi connectivity index (χ1v) is 7.05. The lowest BCUT2D eigenvalue weighted by Crippen LogP contribution is -2.48. The summed E-state index contributed by atoms with van der Waals surface area (Å²) in [5.41, 5.74) is 0.164. The maximum Gasteiger partial charge on any atom is 0.161 e. The van der Waals surface area contributed by atoms with Gasteiger partial charge in [0.2, 0.25) is 0 Å². The lowest BCUT2D eigenvalue weighted by atomic mass is 9.83. The number of hydrogen-bond acceptors (Lipinski definition) is 2. The molecule has 0 bridgehead atoms. The molecule has 3 atom stereocenters. The van der Waals surface area contributed by atoms with Crippen molar-refractivity contribution in [3.63, 3.8) is 0 Å². The van der Waals surface area contributed by atoms with Crippen LogP contribution in [-0.2, 0) is 9.47 Å². The predicted octanol–water partition coefficient (Wildman–Crippen LogP) is 3.91. The number of ether oxygens (including phenoxy) is 2. The first-order chi connectivity index (χ1) is 8.13. The minimum absolute atomic E-state index is 0.0320. The van der Waals surface area contributed by atoms with Gasteiger partial charge in [-0.1, -0.05) is 39.3 Å². The highest BCUT2D eigenvalue weighted by atomic mass is 16.7. The van der Waals surface area contributed by atoms with Crippen LogP contribution in [0.15, 0.2) is 12.2 Å². The van der Waals surface area contributed by atoms with E-state index in [1.165, 1.54) is 19.3 Å². The molecule has 2 aliphatic rings. The summed E-state index contributed by atoms with van der Waals surface area (Å²) in [4.78, 5) is 0. The van der Waals surface area contributed by atoms with Gasteiger partial charge in [0.25, 0.3) is 0 Å². The van der Waals surface area contributed by atoms with Crippen LogP contribution in [0.2, 0.25) is 0 Å². The largest absolute Gasteiger partial charge is 0.352 e. The summed E-state index contributed by atoms with van der Waals surface area (Å²) in [5, 5.41) is 0. The van der Waals surface area contributed by atoms with Crippen molar-refractivity contribution in [2.75, 3.05) is 6.61 Å². The van der Waals surface area contributed by atoms with E-state index in [2.05, 4.69) is 32.9 Å². The third-order valence-corrected chi connectivity index (χ3v) is 4.04. The number of hydrogen-bond donors (Lipinski definition) is 0. The molecule has 0 saturated carbocycles. The van der Waals surface area contributed by atoms with Crippen molar-refractivity contribution in [1.82, 2.24) is 0 Å². The lowest BCUT2D eigenvalue weighted by molar-refractivity contribution is -0.279. The van der Waals surface area contributed by atoms with Crippen molar-refractivity contribution in [1.29, 1.82) is 0 Å². The Kier molecular flexibility index (Phi) is 4.26. The third-order valence-electron chi connectivity index (χ3n) is 4.04. The first-order valence-electron chi connectivity index (χ1n) is 7.05. The molecule has 0 spiro atoms. The molecule has 0 aromatic rings. The molecule has 1 aliphatic heterocycles. The highest BCUT2D eigenvalue weighted by Crippen LogP contribution is 2.37. The molecule has 0 N–H and O–H groups in total. The molecular weight excluding hydrogens is 212 g/mol. The normalized spacial score (nSPS) is 37.0. The van der Waals surface area contributed by atoms with Crippen LogP contribution in [0.3, 0.4) is 0 Å². The van der Waals surface area contributed by atoms with E-state index < -0.39 is 0 Å². The van der Waals surface area contributed by atoms with E-state index in [-0.39, 0.29) is 11.7 Å². The fourth-order valence-electron chi connectivity index (χ4n) is 2.81. The van der Waals surface area contributed by atoms with Gasteiger partial charge in [-0.25, -0.2) is 0 Å². The highest BCUT2D eigenvalue weighted by molar-refractivity contribution is 4.93. The maximum atomic E-state index is 6.23. The van der Waals surface area contributed by atoms with Gasteiger partial charge in [0.15, 0.2) is 6.29 Å². The van der Waals surface area contributed by atoms with Gasteiger partial charge in [0.1, 0.15) is 0 Å². The van der Waals surface area contributed by atoms with E-state index in [9.17, 15) is 0 Å². The molecule has 2 heteroatoms. The van der Waals surface area contributed by atoms with E-state index >= 15 is 0 Å². The summed E-state index contributed by atoms with van der Waals surface area (Å²) in [6, 6.07) is 0. The monoisotopic (exact) mass is 238 g/mol. The second-order valence-corrected chi connectivity index (χ2v) is 6.13. The van der Waals surface area contributed by atoms with Crippen molar-refractivity contribution >= 4 is 0 Å². The minimum atomic E-state index is 0.0320. The van der Waals surface area contributed by atoms with Crippen LogP contribution in [-0.4, -0.2) is 19.0 Å². The zero-order valence-electron chi connectivity index (χ0n) is 11.4. The van der Waals surface area contributed by atoms with Gasteiger partial charge in [-0.3, -0.25) is 0 Å². The molecule has 0 radical (unpaired) electrons. The van der Waals surface area contributed by atoms with Gasteiger partial charge in [-0.05, 0) is 25.7 Å². The molecule has 1 saturated heterocycles. The average Bonchev–Trinajstić information content (AvgIpc) is 2.33. The first kappa shape index (κ1) is 13.1. The van der Waals surface area contributed by atoms with Crippen LogP contribution in [0.4, 0.5) is 0 Å². The highest BCUT2D eigenvalue weighted by Gasteiger charge is 2.40. The Morgan fingerprint density at radius 3 is 2.76 bits per heavy atom. The summed E-state index contributed by atoms with van der Waals surface area (Å²) in [5.74, 6) is 0.565. The quantitative estimate of drug-likeness (QED) is 0.694. The molecule has 17 heavy (non-hydrogen) atoms. The Labute approximate surface area is 105 Å². The van der Waals surface area contributed by atoms with E-state index in [0.717, 1.165) is 19.4 Å². The Morgan fingerprint density at radius 1 is 1.29 bits per heavy atom. The number of rotatable bonds is 3. The van der Waals surface area contributed by atoms with E-state index in [4.69, 9.17) is 9.47 Å². The van der Waals surface area contributed by atoms with E-state index in [1.54, 1.807) is 0 Å². The maximum absolute atomic E-state index is 6.23. The summed E-state index contributed by atoms with van der Waals surface area (Å²) >= 11 is 0. The molecule has 0 amide bonds. The summed E-state index contributed by atoms with van der Waals surface area (Å²) in [7, 11) is 0.